The molecule has 4 aromatic rings. The van der Waals surface area contributed by atoms with Crippen molar-refractivity contribution >= 4 is 33.3 Å². The molecule has 4 N–H and O–H groups in total. The second kappa shape index (κ2) is 14.6. The molecule has 0 spiro atoms. The fraction of sp³-hybridized carbons (Fsp3) is 0.417. The highest BCUT2D eigenvalue weighted by Gasteiger charge is 2.37. The summed E-state index contributed by atoms with van der Waals surface area (Å²) in [5.74, 6) is 8.09. The predicted octanol–water partition coefficient (Wildman–Crippen LogP) is 3.78. The zero-order valence-corrected chi connectivity index (χ0v) is 28.4. The number of carbonyl (C=O) groups is 1. The van der Waals surface area contributed by atoms with Gasteiger partial charge in [0, 0.05) is 55.3 Å². The third kappa shape index (κ3) is 7.80. The lowest BCUT2D eigenvalue weighted by Crippen LogP contribution is -2.40. The van der Waals surface area contributed by atoms with Crippen molar-refractivity contribution in [3.8, 4) is 23.2 Å². The lowest BCUT2D eigenvalue weighted by molar-refractivity contribution is 0.0546. The Morgan fingerprint density at radius 1 is 0.920 bits per heavy atom. The van der Waals surface area contributed by atoms with Crippen LogP contribution in [0.3, 0.4) is 0 Å². The zero-order valence-electron chi connectivity index (χ0n) is 27.6. The Bertz CT molecular complexity index is 2000. The molecule has 3 aliphatic rings. The molecule has 14 heteroatoms. The van der Waals surface area contributed by atoms with E-state index in [9.17, 15) is 23.4 Å². The number of aliphatic hydroxyl groups excluding tert-OH is 2. The maximum Gasteiger partial charge on any atom is 0.256 e. The summed E-state index contributed by atoms with van der Waals surface area (Å²) in [5.41, 5.74) is 3.35. The number of hydrogen-bond acceptors (Lipinski definition) is 11. The molecule has 1 aliphatic heterocycles. The number of benzene rings is 1. The highest BCUT2D eigenvalue weighted by atomic mass is 32.2. The Kier molecular flexibility index (Phi) is 9.80. The standard InChI is InChI=1S/C36H40N8O5S/c45-23-25-4-9-29(10-5-25)40-32-19-34(41-33-13-16-37-35(42-33)28-21-39-44(22-28)50(48,49)31-11-12-31)38-20-27(32)8-3-24-1-6-26(7-2-24)36(47)43-17-14-30(46)15-18-43/h1-2,6-7,13,16,19-22,25,29-31,45-46H,4-5,9-12,14-15,17-18,23H2,(H2,37,38,40,41,42). The van der Waals surface area contributed by atoms with Gasteiger partial charge in [0.15, 0.2) is 5.82 Å². The van der Waals surface area contributed by atoms with Crippen LogP contribution in [0, 0.1) is 17.8 Å². The summed E-state index contributed by atoms with van der Waals surface area (Å²) in [5, 5.41) is 30.0. The van der Waals surface area contributed by atoms with Gasteiger partial charge in [0.2, 0.25) is 0 Å². The van der Waals surface area contributed by atoms with Crippen LogP contribution in [0.15, 0.2) is 61.2 Å². The van der Waals surface area contributed by atoms with Crippen LogP contribution >= 0.6 is 0 Å². The van der Waals surface area contributed by atoms with Gasteiger partial charge in [0.25, 0.3) is 15.9 Å². The highest BCUT2D eigenvalue weighted by Crippen LogP contribution is 2.31. The van der Waals surface area contributed by atoms with E-state index in [1.54, 1.807) is 35.5 Å². The first-order valence-electron chi connectivity index (χ1n) is 17.1. The number of piperidine rings is 1. The average molecular weight is 697 g/mol. The Morgan fingerprint density at radius 2 is 1.68 bits per heavy atom. The molecule has 0 atom stereocenters. The molecule has 3 aromatic heterocycles. The van der Waals surface area contributed by atoms with Crippen molar-refractivity contribution in [2.45, 2.75) is 68.8 Å². The van der Waals surface area contributed by atoms with Crippen molar-refractivity contribution < 1.29 is 23.4 Å². The number of pyridine rings is 1. The highest BCUT2D eigenvalue weighted by molar-refractivity contribution is 7.90. The molecule has 0 radical (unpaired) electrons. The summed E-state index contributed by atoms with van der Waals surface area (Å²) in [7, 11) is -3.50. The largest absolute Gasteiger partial charge is 0.396 e. The first kappa shape index (κ1) is 33.6. The van der Waals surface area contributed by atoms with Crippen molar-refractivity contribution in [2.24, 2.45) is 5.92 Å². The van der Waals surface area contributed by atoms with Crippen LogP contribution in [0.1, 0.15) is 72.9 Å². The number of likely N-dealkylation sites (tertiary alicyclic amines) is 1. The number of anilines is 3. The first-order valence-corrected chi connectivity index (χ1v) is 18.6. The molecule has 0 unspecified atom stereocenters. The second-order valence-electron chi connectivity index (χ2n) is 13.2. The molecular weight excluding hydrogens is 657 g/mol. The lowest BCUT2D eigenvalue weighted by Gasteiger charge is -2.29. The molecule has 13 nitrogen and oxygen atoms in total. The van der Waals surface area contributed by atoms with E-state index in [0.717, 1.165) is 41.0 Å². The number of aliphatic hydroxyl groups is 2. The topological polar surface area (TPSA) is 175 Å². The van der Waals surface area contributed by atoms with Crippen molar-refractivity contribution in [1.82, 2.24) is 29.0 Å². The van der Waals surface area contributed by atoms with Gasteiger partial charge in [-0.1, -0.05) is 11.8 Å². The van der Waals surface area contributed by atoms with Crippen LogP contribution in [0.4, 0.5) is 17.3 Å². The molecule has 2 aliphatic carbocycles. The Morgan fingerprint density at radius 3 is 2.40 bits per heavy atom. The maximum atomic E-state index is 12.9. The van der Waals surface area contributed by atoms with E-state index < -0.39 is 10.0 Å². The molecule has 0 bridgehead atoms. The smallest absolute Gasteiger partial charge is 0.256 e. The van der Waals surface area contributed by atoms with Gasteiger partial charge in [0.1, 0.15) is 11.6 Å². The third-order valence-electron chi connectivity index (χ3n) is 9.53. The van der Waals surface area contributed by atoms with Gasteiger partial charge in [-0.2, -0.15) is 9.19 Å². The Hall–Kier alpha value is -4.84. The van der Waals surface area contributed by atoms with E-state index in [0.29, 0.717) is 78.8 Å². The van der Waals surface area contributed by atoms with E-state index in [4.69, 9.17) is 0 Å². The van der Waals surface area contributed by atoms with E-state index >= 15 is 0 Å². The van der Waals surface area contributed by atoms with Gasteiger partial charge in [-0.05, 0) is 87.6 Å². The monoisotopic (exact) mass is 696 g/mol. The van der Waals surface area contributed by atoms with Gasteiger partial charge in [-0.3, -0.25) is 4.79 Å². The summed E-state index contributed by atoms with van der Waals surface area (Å²) in [6.45, 7) is 1.30. The van der Waals surface area contributed by atoms with Crippen LogP contribution in [-0.4, -0.2) is 90.7 Å². The molecule has 50 heavy (non-hydrogen) atoms. The number of nitrogens with zero attached hydrogens (tertiary/aromatic N) is 6. The number of rotatable bonds is 9. The van der Waals surface area contributed by atoms with Gasteiger partial charge in [0.05, 0.1) is 40.6 Å². The number of hydrogen-bond donors (Lipinski definition) is 4. The summed E-state index contributed by atoms with van der Waals surface area (Å²) in [6.07, 6.45) is 12.1. The molecule has 2 saturated carbocycles. The Balaban J connectivity index is 1.09. The van der Waals surface area contributed by atoms with Gasteiger partial charge >= 0.3 is 0 Å². The summed E-state index contributed by atoms with van der Waals surface area (Å²) in [6, 6.07) is 11.1. The molecule has 1 aromatic carbocycles. The SMILES string of the molecule is O=C(c1ccc(C#Cc2cnc(Nc3ccnc(-c4cnn(S(=O)(=O)C5CC5)c4)n3)cc2NC2CCC(CO)CC2)cc1)N1CCC(O)CC1. The van der Waals surface area contributed by atoms with Crippen LogP contribution in [0.2, 0.25) is 0 Å². The molecule has 260 valence electrons. The molecular formula is C36H40N8O5S. The minimum atomic E-state index is -3.50. The summed E-state index contributed by atoms with van der Waals surface area (Å²) < 4.78 is 26.2. The molecule has 4 heterocycles. The number of carbonyl (C=O) groups excluding carboxylic acids is 1. The maximum absolute atomic E-state index is 12.9. The minimum Gasteiger partial charge on any atom is -0.396 e. The fourth-order valence-electron chi connectivity index (χ4n) is 6.32. The molecule has 7 rings (SSSR count). The van der Waals surface area contributed by atoms with E-state index in [2.05, 4.69) is 42.5 Å². The van der Waals surface area contributed by atoms with Crippen molar-refractivity contribution in [1.29, 1.82) is 0 Å². The third-order valence-corrected chi connectivity index (χ3v) is 11.6. The predicted molar refractivity (Wildman–Crippen MR) is 188 cm³/mol. The van der Waals surface area contributed by atoms with Crippen molar-refractivity contribution in [3.05, 3.63) is 77.9 Å². The molecule has 3 fully saturated rings. The number of aromatic nitrogens is 5. The van der Waals surface area contributed by atoms with Crippen LogP contribution in [0.25, 0.3) is 11.4 Å². The van der Waals surface area contributed by atoms with Crippen molar-refractivity contribution in [3.63, 3.8) is 0 Å². The molecule has 1 amide bonds. The van der Waals surface area contributed by atoms with Gasteiger partial charge < -0.3 is 25.7 Å². The quantitative estimate of drug-likeness (QED) is 0.188. The van der Waals surface area contributed by atoms with E-state index in [-0.39, 0.29) is 29.9 Å². The Labute approximate surface area is 291 Å². The zero-order chi connectivity index (χ0) is 34.7. The summed E-state index contributed by atoms with van der Waals surface area (Å²) >= 11 is 0. The second-order valence-corrected chi connectivity index (χ2v) is 15.3. The van der Waals surface area contributed by atoms with E-state index in [1.165, 1.54) is 12.4 Å². The van der Waals surface area contributed by atoms with Crippen LogP contribution < -0.4 is 10.6 Å². The molecule has 1 saturated heterocycles. The lowest BCUT2D eigenvalue weighted by atomic mass is 9.86. The minimum absolute atomic E-state index is 0.0431. The number of amides is 1. The summed E-state index contributed by atoms with van der Waals surface area (Å²) in [4.78, 5) is 28.2. The van der Waals surface area contributed by atoms with Gasteiger partial charge in [-0.15, -0.1) is 0 Å². The van der Waals surface area contributed by atoms with Crippen molar-refractivity contribution in [2.75, 3.05) is 30.3 Å². The first-order chi connectivity index (χ1) is 24.2. The fourth-order valence-corrected chi connectivity index (χ4v) is 7.79. The number of nitrogens with one attached hydrogen (secondary N) is 2. The van der Waals surface area contributed by atoms with Gasteiger partial charge in [-0.25, -0.2) is 23.4 Å². The van der Waals surface area contributed by atoms with E-state index in [1.807, 2.05) is 18.2 Å². The van der Waals surface area contributed by atoms with Crippen LogP contribution in [-0.2, 0) is 10.0 Å². The normalized spacial score (nSPS) is 19.8. The van der Waals surface area contributed by atoms with Crippen LogP contribution in [0.5, 0.6) is 0 Å². The average Bonchev–Trinajstić information content (AvgIpc) is 3.89.